The van der Waals surface area contributed by atoms with Crippen molar-refractivity contribution >= 4 is 34.7 Å². The second kappa shape index (κ2) is 10.5. The number of ether oxygens (including phenoxy) is 2. The standard InChI is InChI=1S/C29H30N4O5/c1-37-25-9-6-18(15-26(25)38-2)28(35)23-17-27(34)33(29(36)19-4-3-5-20(30)14-19)24-8-7-21(16-22(23)24)32-12-10-31-11-13-32/h3-9,14-16,23,31H,10-13,17,30H2,1-2H3. The Balaban J connectivity index is 1.59. The van der Waals surface area contributed by atoms with Crippen LogP contribution < -0.4 is 30.3 Å². The van der Waals surface area contributed by atoms with Crippen molar-refractivity contribution in [2.24, 2.45) is 0 Å². The molecule has 2 amide bonds. The van der Waals surface area contributed by atoms with Crippen molar-refractivity contribution < 1.29 is 23.9 Å². The van der Waals surface area contributed by atoms with Gasteiger partial charge in [0.05, 0.1) is 25.8 Å². The number of benzene rings is 3. The van der Waals surface area contributed by atoms with E-state index in [9.17, 15) is 14.4 Å². The Kier molecular flexibility index (Phi) is 7.02. The average molecular weight is 515 g/mol. The minimum Gasteiger partial charge on any atom is -0.493 e. The molecule has 0 aliphatic carbocycles. The number of nitrogens with one attached hydrogen (secondary N) is 1. The number of carbonyl (C=O) groups excluding carboxylic acids is 3. The number of anilines is 3. The van der Waals surface area contributed by atoms with Crippen LogP contribution in [0, 0.1) is 0 Å². The normalized spacial score (nSPS) is 17.1. The summed E-state index contributed by atoms with van der Waals surface area (Å²) in [6.45, 7) is 3.34. The van der Waals surface area contributed by atoms with Crippen LogP contribution in [0.25, 0.3) is 0 Å². The minimum absolute atomic E-state index is 0.140. The molecule has 3 aromatic carbocycles. The molecule has 9 nitrogen and oxygen atoms in total. The maximum atomic E-state index is 13.9. The van der Waals surface area contributed by atoms with Crippen LogP contribution in [0.15, 0.2) is 60.7 Å². The first-order valence-corrected chi connectivity index (χ1v) is 12.5. The van der Waals surface area contributed by atoms with Crippen LogP contribution in [-0.4, -0.2) is 58.0 Å². The number of rotatable bonds is 6. The fourth-order valence-electron chi connectivity index (χ4n) is 5.10. The maximum absolute atomic E-state index is 13.9. The zero-order chi connectivity index (χ0) is 26.8. The van der Waals surface area contributed by atoms with Gasteiger partial charge in [0.25, 0.3) is 5.91 Å². The highest BCUT2D eigenvalue weighted by Crippen LogP contribution is 2.41. The van der Waals surface area contributed by atoms with E-state index in [0.29, 0.717) is 39.6 Å². The Morgan fingerprint density at radius 1 is 0.921 bits per heavy atom. The van der Waals surface area contributed by atoms with Crippen molar-refractivity contribution in [2.75, 3.05) is 55.9 Å². The molecule has 1 unspecified atom stereocenters. The largest absolute Gasteiger partial charge is 0.493 e. The van der Waals surface area contributed by atoms with Crippen molar-refractivity contribution in [3.05, 3.63) is 77.4 Å². The Bertz CT molecular complexity index is 1400. The lowest BCUT2D eigenvalue weighted by atomic mass is 9.83. The van der Waals surface area contributed by atoms with Gasteiger partial charge in [-0.1, -0.05) is 6.07 Å². The third kappa shape index (κ3) is 4.68. The van der Waals surface area contributed by atoms with Gasteiger partial charge in [0.15, 0.2) is 17.3 Å². The minimum atomic E-state index is -0.761. The number of nitrogens with two attached hydrogens (primary N) is 1. The highest BCUT2D eigenvalue weighted by Gasteiger charge is 2.39. The van der Waals surface area contributed by atoms with E-state index in [4.69, 9.17) is 15.2 Å². The van der Waals surface area contributed by atoms with E-state index in [1.54, 1.807) is 48.5 Å². The third-order valence-electron chi connectivity index (χ3n) is 7.06. The fraction of sp³-hybridized carbons (Fsp3) is 0.276. The molecule has 3 N–H and O–H groups in total. The zero-order valence-electron chi connectivity index (χ0n) is 21.4. The molecule has 2 aliphatic rings. The quantitative estimate of drug-likeness (QED) is 0.293. The molecule has 0 saturated carbocycles. The van der Waals surface area contributed by atoms with Crippen LogP contribution in [0.4, 0.5) is 17.1 Å². The Morgan fingerprint density at radius 3 is 2.39 bits per heavy atom. The van der Waals surface area contributed by atoms with Gasteiger partial charge in [-0.05, 0) is 60.2 Å². The number of piperazine rings is 1. The predicted molar refractivity (Wildman–Crippen MR) is 145 cm³/mol. The summed E-state index contributed by atoms with van der Waals surface area (Å²) < 4.78 is 10.7. The molecule has 0 radical (unpaired) electrons. The number of hydrogen-bond donors (Lipinski definition) is 2. The summed E-state index contributed by atoms with van der Waals surface area (Å²) in [7, 11) is 3.03. The number of nitrogens with zero attached hydrogens (tertiary/aromatic N) is 2. The lowest BCUT2D eigenvalue weighted by molar-refractivity contribution is -0.118. The highest BCUT2D eigenvalue weighted by molar-refractivity contribution is 6.24. The predicted octanol–water partition coefficient (Wildman–Crippen LogP) is 3.24. The molecule has 196 valence electrons. The molecule has 0 bridgehead atoms. The first-order valence-electron chi connectivity index (χ1n) is 12.5. The summed E-state index contributed by atoms with van der Waals surface area (Å²) in [4.78, 5) is 44.3. The number of Topliss-reactive ketones (excluding diaryl/α,β-unsaturated/α-hetero) is 1. The molecule has 1 fully saturated rings. The van der Waals surface area contributed by atoms with Crippen molar-refractivity contribution in [1.82, 2.24) is 5.32 Å². The van der Waals surface area contributed by atoms with E-state index in [-0.39, 0.29) is 12.2 Å². The topological polar surface area (TPSA) is 114 Å². The number of hydrogen-bond acceptors (Lipinski definition) is 8. The Morgan fingerprint density at radius 2 is 1.68 bits per heavy atom. The van der Waals surface area contributed by atoms with Crippen molar-refractivity contribution in [3.8, 4) is 11.5 Å². The third-order valence-corrected chi connectivity index (χ3v) is 7.06. The molecule has 0 aromatic heterocycles. The second-order valence-corrected chi connectivity index (χ2v) is 9.33. The van der Waals surface area contributed by atoms with Gasteiger partial charge in [0.2, 0.25) is 5.91 Å². The summed E-state index contributed by atoms with van der Waals surface area (Å²) in [6, 6.07) is 17.1. The number of imide groups is 1. The molecule has 38 heavy (non-hydrogen) atoms. The molecule has 2 heterocycles. The van der Waals surface area contributed by atoms with Gasteiger partial charge in [-0.15, -0.1) is 0 Å². The lowest BCUT2D eigenvalue weighted by Crippen LogP contribution is -2.44. The van der Waals surface area contributed by atoms with Gasteiger partial charge < -0.3 is 25.4 Å². The molecule has 3 aromatic rings. The van der Waals surface area contributed by atoms with E-state index in [1.807, 2.05) is 12.1 Å². The molecule has 1 saturated heterocycles. The van der Waals surface area contributed by atoms with Crippen LogP contribution in [-0.2, 0) is 4.79 Å². The molecular weight excluding hydrogens is 484 g/mol. The number of amides is 2. The summed E-state index contributed by atoms with van der Waals surface area (Å²) in [5.41, 5.74) is 9.02. The van der Waals surface area contributed by atoms with Crippen LogP contribution in [0.3, 0.4) is 0 Å². The molecule has 9 heteroatoms. The number of nitrogen functional groups attached to an aromatic ring is 1. The molecular formula is C29H30N4O5. The molecule has 5 rings (SSSR count). The Hall–Kier alpha value is -4.37. The van der Waals surface area contributed by atoms with Crippen LogP contribution in [0.1, 0.15) is 38.6 Å². The van der Waals surface area contributed by atoms with Gasteiger partial charge in [-0.25, -0.2) is 4.90 Å². The van der Waals surface area contributed by atoms with E-state index in [1.165, 1.54) is 19.1 Å². The van der Waals surface area contributed by atoms with E-state index >= 15 is 0 Å². The maximum Gasteiger partial charge on any atom is 0.265 e. The monoisotopic (exact) mass is 514 g/mol. The van der Waals surface area contributed by atoms with Gasteiger partial charge in [0.1, 0.15) is 0 Å². The van der Waals surface area contributed by atoms with Gasteiger partial charge in [-0.3, -0.25) is 14.4 Å². The average Bonchev–Trinajstić information content (AvgIpc) is 2.96. The number of fused-ring (bicyclic) bond motifs is 1. The van der Waals surface area contributed by atoms with E-state index in [0.717, 1.165) is 31.9 Å². The van der Waals surface area contributed by atoms with Gasteiger partial charge in [-0.2, -0.15) is 0 Å². The highest BCUT2D eigenvalue weighted by atomic mass is 16.5. The van der Waals surface area contributed by atoms with Crippen molar-refractivity contribution in [1.29, 1.82) is 0 Å². The first kappa shape index (κ1) is 25.3. The van der Waals surface area contributed by atoms with Crippen molar-refractivity contribution in [2.45, 2.75) is 12.3 Å². The summed E-state index contributed by atoms with van der Waals surface area (Å²) in [5, 5.41) is 3.34. The van der Waals surface area contributed by atoms with Gasteiger partial charge in [0, 0.05) is 55.1 Å². The number of carbonyl (C=O) groups is 3. The smallest absolute Gasteiger partial charge is 0.265 e. The molecule has 2 aliphatic heterocycles. The molecule has 1 atom stereocenters. The van der Waals surface area contributed by atoms with E-state index < -0.39 is 17.7 Å². The fourth-order valence-corrected chi connectivity index (χ4v) is 5.10. The van der Waals surface area contributed by atoms with Crippen LogP contribution >= 0.6 is 0 Å². The van der Waals surface area contributed by atoms with E-state index in [2.05, 4.69) is 10.2 Å². The lowest BCUT2D eigenvalue weighted by Gasteiger charge is -2.35. The Labute approximate surface area is 221 Å². The summed E-state index contributed by atoms with van der Waals surface area (Å²) >= 11 is 0. The molecule has 0 spiro atoms. The SMILES string of the molecule is COc1ccc(C(=O)C2CC(=O)N(C(=O)c3cccc(N)c3)c3ccc(N4CCNCC4)cc32)cc1OC. The van der Waals surface area contributed by atoms with Crippen molar-refractivity contribution in [3.63, 3.8) is 0 Å². The second-order valence-electron chi connectivity index (χ2n) is 9.33. The van der Waals surface area contributed by atoms with Gasteiger partial charge >= 0.3 is 0 Å². The summed E-state index contributed by atoms with van der Waals surface area (Å²) in [6.07, 6.45) is -0.140. The van der Waals surface area contributed by atoms with Crippen LogP contribution in [0.5, 0.6) is 11.5 Å². The number of methoxy groups -OCH3 is 2. The number of ketones is 1. The zero-order valence-corrected chi connectivity index (χ0v) is 21.4. The first-order chi connectivity index (χ1) is 18.4. The van der Waals surface area contributed by atoms with Crippen LogP contribution in [0.2, 0.25) is 0 Å². The summed E-state index contributed by atoms with van der Waals surface area (Å²) in [5.74, 6) is -0.982.